The molecule has 136 valence electrons. The Labute approximate surface area is 153 Å². The van der Waals surface area contributed by atoms with Crippen molar-refractivity contribution in [3.63, 3.8) is 0 Å². The number of carbonyl (C=O) groups excluding carboxylic acids is 3. The number of halogens is 1. The Balaban J connectivity index is 1.72. The van der Waals surface area contributed by atoms with Gasteiger partial charge in [0, 0.05) is 30.1 Å². The third-order valence-corrected chi connectivity index (χ3v) is 4.55. The van der Waals surface area contributed by atoms with Gasteiger partial charge in [-0.15, -0.1) is 0 Å². The van der Waals surface area contributed by atoms with Crippen LogP contribution in [0.5, 0.6) is 0 Å². The molecule has 1 heterocycles. The van der Waals surface area contributed by atoms with Crippen LogP contribution in [0.2, 0.25) is 5.02 Å². The lowest BCUT2D eigenvalue weighted by atomic mass is 9.92. The number of esters is 1. The van der Waals surface area contributed by atoms with Gasteiger partial charge < -0.3 is 9.64 Å². The van der Waals surface area contributed by atoms with E-state index >= 15 is 0 Å². The van der Waals surface area contributed by atoms with Gasteiger partial charge in [-0.1, -0.05) is 25.4 Å². The molecule has 1 saturated heterocycles. The Morgan fingerprint density at radius 3 is 2.28 bits per heavy atom. The lowest BCUT2D eigenvalue weighted by Crippen LogP contribution is -2.44. The molecule has 0 bridgehead atoms. The normalized spacial score (nSPS) is 20.2. The fraction of sp³-hybridized carbons (Fsp3) is 0.526. The fourth-order valence-corrected chi connectivity index (χ4v) is 3.29. The first kappa shape index (κ1) is 19.4. The van der Waals surface area contributed by atoms with Crippen LogP contribution in [0.1, 0.15) is 43.5 Å². The van der Waals surface area contributed by atoms with Crippen LogP contribution in [0.25, 0.3) is 0 Å². The van der Waals surface area contributed by atoms with Crippen LogP contribution in [0.4, 0.5) is 0 Å². The van der Waals surface area contributed by atoms with Gasteiger partial charge in [-0.05, 0) is 42.5 Å². The van der Waals surface area contributed by atoms with E-state index in [-0.39, 0.29) is 31.1 Å². The maximum absolute atomic E-state index is 12.2. The number of hydrogen-bond acceptors (Lipinski definition) is 4. The standard InChI is InChI=1S/C19H24ClNO4/c1-13-9-14(2)11-21(10-13)18(23)12-25-19(24)8-7-17(22)15-3-5-16(20)6-4-15/h3-6,13-14H,7-12H2,1-2H3/t13-,14-/m1/s1. The number of hydrogen-bond donors (Lipinski definition) is 0. The highest BCUT2D eigenvalue weighted by molar-refractivity contribution is 6.30. The molecule has 1 aromatic carbocycles. The van der Waals surface area contributed by atoms with Crippen LogP contribution in [0.15, 0.2) is 24.3 Å². The Kier molecular flexibility index (Phi) is 7.00. The highest BCUT2D eigenvalue weighted by Gasteiger charge is 2.25. The van der Waals surface area contributed by atoms with Crippen molar-refractivity contribution in [3.8, 4) is 0 Å². The minimum Gasteiger partial charge on any atom is -0.456 e. The largest absolute Gasteiger partial charge is 0.456 e. The Bertz CT molecular complexity index is 619. The SMILES string of the molecule is C[C@@H]1C[C@@H](C)CN(C(=O)COC(=O)CCC(=O)c2ccc(Cl)cc2)C1. The third kappa shape index (κ3) is 6.16. The maximum atomic E-state index is 12.2. The molecule has 0 aromatic heterocycles. The van der Waals surface area contributed by atoms with E-state index in [1.165, 1.54) is 0 Å². The van der Waals surface area contributed by atoms with Crippen molar-refractivity contribution in [3.05, 3.63) is 34.9 Å². The first-order chi connectivity index (χ1) is 11.8. The van der Waals surface area contributed by atoms with Crippen LogP contribution in [-0.2, 0) is 14.3 Å². The van der Waals surface area contributed by atoms with Gasteiger partial charge in [-0.3, -0.25) is 14.4 Å². The van der Waals surface area contributed by atoms with E-state index in [0.717, 1.165) is 6.42 Å². The number of ether oxygens (including phenoxy) is 1. The molecule has 1 fully saturated rings. The zero-order valence-electron chi connectivity index (χ0n) is 14.7. The number of Topliss-reactive ketones (excluding diaryl/α,β-unsaturated/α-hetero) is 1. The molecule has 0 spiro atoms. The number of likely N-dealkylation sites (tertiary alicyclic amines) is 1. The first-order valence-corrected chi connectivity index (χ1v) is 8.95. The summed E-state index contributed by atoms with van der Waals surface area (Å²) >= 11 is 5.78. The number of piperidine rings is 1. The first-order valence-electron chi connectivity index (χ1n) is 8.57. The molecule has 0 N–H and O–H groups in total. The zero-order valence-corrected chi connectivity index (χ0v) is 15.4. The molecule has 1 amide bonds. The summed E-state index contributed by atoms with van der Waals surface area (Å²) in [6.07, 6.45) is 1.12. The molecule has 0 aliphatic carbocycles. The average Bonchev–Trinajstić information content (AvgIpc) is 2.57. The quantitative estimate of drug-likeness (QED) is 0.573. The number of ketones is 1. The smallest absolute Gasteiger partial charge is 0.306 e. The Hall–Kier alpha value is -1.88. The number of rotatable bonds is 6. The van der Waals surface area contributed by atoms with Crippen molar-refractivity contribution in [1.82, 2.24) is 4.90 Å². The summed E-state index contributed by atoms with van der Waals surface area (Å²) in [6, 6.07) is 6.51. The minimum absolute atomic E-state index is 0.0401. The number of benzene rings is 1. The summed E-state index contributed by atoms with van der Waals surface area (Å²) in [4.78, 5) is 37.7. The van der Waals surface area contributed by atoms with Gasteiger partial charge >= 0.3 is 5.97 Å². The van der Waals surface area contributed by atoms with E-state index in [4.69, 9.17) is 16.3 Å². The summed E-state index contributed by atoms with van der Waals surface area (Å²) in [5, 5.41) is 0.552. The average molecular weight is 366 g/mol. The summed E-state index contributed by atoms with van der Waals surface area (Å²) in [6.45, 7) is 5.38. The predicted octanol–water partition coefficient (Wildman–Crippen LogP) is 3.35. The summed E-state index contributed by atoms with van der Waals surface area (Å²) in [7, 11) is 0. The molecule has 0 unspecified atom stereocenters. The molecule has 5 nitrogen and oxygen atoms in total. The lowest BCUT2D eigenvalue weighted by Gasteiger charge is -2.34. The third-order valence-electron chi connectivity index (χ3n) is 4.30. The fourth-order valence-electron chi connectivity index (χ4n) is 3.17. The molecule has 2 rings (SSSR count). The second-order valence-corrected chi connectivity index (χ2v) is 7.27. The van der Waals surface area contributed by atoms with E-state index in [9.17, 15) is 14.4 Å². The van der Waals surface area contributed by atoms with Crippen LogP contribution in [-0.4, -0.2) is 42.3 Å². The molecule has 25 heavy (non-hydrogen) atoms. The van der Waals surface area contributed by atoms with Crippen LogP contribution in [0.3, 0.4) is 0 Å². The molecule has 0 radical (unpaired) electrons. The van der Waals surface area contributed by atoms with Crippen molar-refractivity contribution in [1.29, 1.82) is 0 Å². The van der Waals surface area contributed by atoms with Gasteiger partial charge in [-0.25, -0.2) is 0 Å². The van der Waals surface area contributed by atoms with Crippen molar-refractivity contribution in [2.24, 2.45) is 11.8 Å². The van der Waals surface area contributed by atoms with Crippen molar-refractivity contribution >= 4 is 29.3 Å². The molecule has 1 aliphatic heterocycles. The van der Waals surface area contributed by atoms with E-state index in [1.807, 2.05) is 0 Å². The zero-order chi connectivity index (χ0) is 18.4. The summed E-state index contributed by atoms with van der Waals surface area (Å²) < 4.78 is 5.03. The van der Waals surface area contributed by atoms with E-state index in [0.29, 0.717) is 35.5 Å². The molecule has 0 saturated carbocycles. The summed E-state index contributed by atoms with van der Waals surface area (Å²) in [5.74, 6) is 0.0592. The topological polar surface area (TPSA) is 63.7 Å². The molecular weight excluding hydrogens is 342 g/mol. The van der Waals surface area contributed by atoms with Crippen molar-refractivity contribution in [2.75, 3.05) is 19.7 Å². The lowest BCUT2D eigenvalue weighted by molar-refractivity contribution is -0.153. The van der Waals surface area contributed by atoms with Gasteiger partial charge in [0.25, 0.3) is 5.91 Å². The minimum atomic E-state index is -0.534. The van der Waals surface area contributed by atoms with Crippen LogP contribution in [0, 0.1) is 11.8 Å². The van der Waals surface area contributed by atoms with Gasteiger partial charge in [0.2, 0.25) is 0 Å². The highest BCUT2D eigenvalue weighted by Crippen LogP contribution is 2.21. The van der Waals surface area contributed by atoms with Gasteiger partial charge in [-0.2, -0.15) is 0 Å². The Morgan fingerprint density at radius 2 is 1.68 bits per heavy atom. The van der Waals surface area contributed by atoms with Gasteiger partial charge in [0.15, 0.2) is 12.4 Å². The van der Waals surface area contributed by atoms with Crippen molar-refractivity contribution in [2.45, 2.75) is 33.1 Å². The molecule has 2 atom stereocenters. The second-order valence-electron chi connectivity index (χ2n) is 6.84. The van der Waals surface area contributed by atoms with E-state index in [1.54, 1.807) is 29.2 Å². The molecular formula is C19H24ClNO4. The van der Waals surface area contributed by atoms with Gasteiger partial charge in [0.05, 0.1) is 6.42 Å². The molecule has 1 aliphatic rings. The van der Waals surface area contributed by atoms with Gasteiger partial charge in [0.1, 0.15) is 0 Å². The number of nitrogens with zero attached hydrogens (tertiary/aromatic N) is 1. The molecule has 6 heteroatoms. The maximum Gasteiger partial charge on any atom is 0.306 e. The number of amides is 1. The van der Waals surface area contributed by atoms with E-state index in [2.05, 4.69) is 13.8 Å². The van der Waals surface area contributed by atoms with Crippen LogP contribution >= 0.6 is 11.6 Å². The summed E-state index contributed by atoms with van der Waals surface area (Å²) in [5.41, 5.74) is 0.504. The van der Waals surface area contributed by atoms with E-state index < -0.39 is 5.97 Å². The van der Waals surface area contributed by atoms with Crippen LogP contribution < -0.4 is 0 Å². The monoisotopic (exact) mass is 365 g/mol. The molecule has 1 aromatic rings. The number of carbonyl (C=O) groups is 3. The second kappa shape index (κ2) is 8.99. The highest BCUT2D eigenvalue weighted by atomic mass is 35.5. The predicted molar refractivity (Wildman–Crippen MR) is 95.5 cm³/mol. The Morgan fingerprint density at radius 1 is 1.08 bits per heavy atom. The van der Waals surface area contributed by atoms with Crippen molar-refractivity contribution < 1.29 is 19.1 Å².